The first-order valence-corrected chi connectivity index (χ1v) is 16.2. The summed E-state index contributed by atoms with van der Waals surface area (Å²) >= 11 is 1.52. The summed E-state index contributed by atoms with van der Waals surface area (Å²) in [6, 6.07) is 16.5. The molecule has 3 N–H and O–H groups in total. The average molecular weight is 623 g/mol. The highest BCUT2D eigenvalue weighted by Crippen LogP contribution is 2.21. The van der Waals surface area contributed by atoms with Gasteiger partial charge in [0, 0.05) is 56.4 Å². The van der Waals surface area contributed by atoms with Crippen LogP contribution in [0.3, 0.4) is 0 Å². The number of aliphatic hydroxyl groups is 1. The molecule has 0 bridgehead atoms. The van der Waals surface area contributed by atoms with Crippen molar-refractivity contribution in [2.75, 3.05) is 47.0 Å². The third-order valence-electron chi connectivity index (χ3n) is 8.36. The highest BCUT2D eigenvalue weighted by atomic mass is 32.1. The summed E-state index contributed by atoms with van der Waals surface area (Å²) in [5.41, 5.74) is 0.403. The van der Waals surface area contributed by atoms with Gasteiger partial charge >= 0.3 is 0 Å². The number of ether oxygens (including phenoxy) is 1. The molecule has 1 aromatic heterocycles. The van der Waals surface area contributed by atoms with E-state index in [-0.39, 0.29) is 49.9 Å². The first-order chi connectivity index (χ1) is 21.1. The van der Waals surface area contributed by atoms with Crippen molar-refractivity contribution in [3.63, 3.8) is 0 Å². The molecule has 2 aromatic carbocycles. The van der Waals surface area contributed by atoms with Crippen molar-refractivity contribution in [1.29, 1.82) is 0 Å². The highest BCUT2D eigenvalue weighted by Gasteiger charge is 2.36. The van der Waals surface area contributed by atoms with E-state index >= 15 is 0 Å². The summed E-state index contributed by atoms with van der Waals surface area (Å²) in [7, 11) is 3.26. The minimum atomic E-state index is -0.852. The minimum absolute atomic E-state index is 0.0861. The zero-order valence-electron chi connectivity index (χ0n) is 26.3. The number of hydrogen-bond acceptors (Lipinski definition) is 7. The van der Waals surface area contributed by atoms with Gasteiger partial charge < -0.3 is 30.3 Å². The number of carbonyl (C=O) groups is 3. The number of thiophene rings is 1. The van der Waals surface area contributed by atoms with Gasteiger partial charge in [-0.15, -0.1) is 11.3 Å². The maximum Gasteiger partial charge on any atom is 0.249 e. The molecule has 10 heteroatoms. The maximum atomic E-state index is 14.3. The molecule has 3 amide bonds. The Kier molecular flexibility index (Phi) is 11.9. The zero-order chi connectivity index (χ0) is 31.7. The number of fused-ring (bicyclic) bond motifs is 1. The van der Waals surface area contributed by atoms with E-state index in [4.69, 9.17) is 4.74 Å². The zero-order valence-corrected chi connectivity index (χ0v) is 27.1. The molecule has 0 saturated carbocycles. The second-order valence-corrected chi connectivity index (χ2v) is 13.5. The lowest BCUT2D eigenvalue weighted by Gasteiger charge is -2.35. The lowest BCUT2D eigenvalue weighted by Crippen LogP contribution is -2.57. The smallest absolute Gasteiger partial charge is 0.249 e. The number of amides is 3. The first-order valence-electron chi connectivity index (χ1n) is 15.3. The van der Waals surface area contributed by atoms with Gasteiger partial charge in [-0.25, -0.2) is 0 Å². The van der Waals surface area contributed by atoms with Crippen LogP contribution >= 0.6 is 11.3 Å². The molecule has 238 valence electrons. The number of nitrogens with one attached hydrogen (secondary N) is 2. The van der Waals surface area contributed by atoms with Gasteiger partial charge in [-0.05, 0) is 47.2 Å². The Labute approximate surface area is 264 Å². The average Bonchev–Trinajstić information content (AvgIpc) is 3.75. The standard InChI is InChI=1S/C34H46N4O5S/c1-34(2,23-39)22-36-32(41)29(19-28-12-8-16-44-28)38(4)33(42)30(18-24-13-14-25-9-5-6-10-26(25)17-24)37(3)31(40)21-43-20-27-11-7-15-35-27/h5-6,8-10,12-14,16-17,27,29-30,35,39H,7,11,15,18-23H2,1-4H3,(H,36,41). The Morgan fingerprint density at radius 3 is 2.50 bits per heavy atom. The third kappa shape index (κ3) is 9.11. The summed E-state index contributed by atoms with van der Waals surface area (Å²) < 4.78 is 5.77. The van der Waals surface area contributed by atoms with Gasteiger partial charge in [0.05, 0.1) is 6.61 Å². The quantitative estimate of drug-likeness (QED) is 0.240. The van der Waals surface area contributed by atoms with Crippen LogP contribution in [0.25, 0.3) is 10.8 Å². The third-order valence-corrected chi connectivity index (χ3v) is 9.26. The number of aliphatic hydroxyl groups excluding tert-OH is 1. The first kappa shape index (κ1) is 33.6. The predicted molar refractivity (Wildman–Crippen MR) is 175 cm³/mol. The summed E-state index contributed by atoms with van der Waals surface area (Å²) in [6.07, 6.45) is 2.73. The van der Waals surface area contributed by atoms with Crippen molar-refractivity contribution in [2.24, 2.45) is 5.41 Å². The normalized spacial score (nSPS) is 16.4. The Hall–Kier alpha value is -3.31. The van der Waals surface area contributed by atoms with E-state index in [0.29, 0.717) is 13.0 Å². The molecule has 3 aromatic rings. The van der Waals surface area contributed by atoms with Gasteiger partial charge in [-0.2, -0.15) is 0 Å². The Balaban J connectivity index is 1.57. The number of benzene rings is 2. The topological polar surface area (TPSA) is 111 Å². The summed E-state index contributed by atoms with van der Waals surface area (Å²) in [6.45, 7) is 5.16. The van der Waals surface area contributed by atoms with Crippen LogP contribution in [-0.4, -0.2) is 97.8 Å². The molecular formula is C34H46N4O5S. The molecule has 1 saturated heterocycles. The van der Waals surface area contributed by atoms with E-state index in [1.165, 1.54) is 21.1 Å². The number of nitrogens with zero attached hydrogens (tertiary/aromatic N) is 2. The van der Waals surface area contributed by atoms with Crippen molar-refractivity contribution in [1.82, 2.24) is 20.4 Å². The second-order valence-electron chi connectivity index (χ2n) is 12.5. The van der Waals surface area contributed by atoms with E-state index in [9.17, 15) is 19.5 Å². The summed E-state index contributed by atoms with van der Waals surface area (Å²) in [5, 5.41) is 20.1. The number of hydrogen-bond donors (Lipinski definition) is 3. The molecule has 4 rings (SSSR count). The fraction of sp³-hybridized carbons (Fsp3) is 0.500. The molecule has 2 heterocycles. The summed E-state index contributed by atoms with van der Waals surface area (Å²) in [4.78, 5) is 45.2. The van der Waals surface area contributed by atoms with E-state index in [0.717, 1.165) is 40.6 Å². The van der Waals surface area contributed by atoms with Crippen molar-refractivity contribution in [3.8, 4) is 0 Å². The largest absolute Gasteiger partial charge is 0.396 e. The Bertz CT molecular complexity index is 1390. The van der Waals surface area contributed by atoms with Gasteiger partial charge in [0.15, 0.2) is 0 Å². The molecule has 3 atom stereocenters. The van der Waals surface area contributed by atoms with E-state index < -0.39 is 17.5 Å². The van der Waals surface area contributed by atoms with E-state index in [1.807, 2.05) is 73.8 Å². The molecule has 0 radical (unpaired) electrons. The van der Waals surface area contributed by atoms with Crippen LogP contribution in [0.5, 0.6) is 0 Å². The Morgan fingerprint density at radius 2 is 1.82 bits per heavy atom. The molecule has 1 aliphatic heterocycles. The number of likely N-dealkylation sites (N-methyl/N-ethyl adjacent to an activating group) is 2. The number of carbonyl (C=O) groups excluding carboxylic acids is 3. The second kappa shape index (κ2) is 15.6. The minimum Gasteiger partial charge on any atom is -0.396 e. The van der Waals surface area contributed by atoms with Crippen molar-refractivity contribution < 1.29 is 24.2 Å². The lowest BCUT2D eigenvalue weighted by atomic mass is 9.94. The van der Waals surface area contributed by atoms with Crippen LogP contribution in [0.15, 0.2) is 60.0 Å². The molecule has 1 aliphatic rings. The maximum absolute atomic E-state index is 14.3. The van der Waals surface area contributed by atoms with Crippen LogP contribution in [0.1, 0.15) is 37.1 Å². The van der Waals surface area contributed by atoms with Gasteiger partial charge in [-0.1, -0.05) is 62.4 Å². The van der Waals surface area contributed by atoms with Crippen molar-refractivity contribution in [2.45, 2.75) is 57.7 Å². The predicted octanol–water partition coefficient (Wildman–Crippen LogP) is 3.24. The SMILES string of the molecule is CN(C(=O)COCC1CCCN1)C(Cc1ccc2ccccc2c1)C(=O)N(C)C(Cc1cccs1)C(=O)NCC(C)(C)CO. The highest BCUT2D eigenvalue weighted by molar-refractivity contribution is 7.09. The fourth-order valence-electron chi connectivity index (χ4n) is 5.36. The monoisotopic (exact) mass is 622 g/mol. The summed E-state index contributed by atoms with van der Waals surface area (Å²) in [5.74, 6) is -0.925. The molecule has 9 nitrogen and oxygen atoms in total. The Morgan fingerprint density at radius 1 is 1.05 bits per heavy atom. The van der Waals surface area contributed by atoms with Gasteiger partial charge in [0.25, 0.3) is 0 Å². The van der Waals surface area contributed by atoms with Gasteiger partial charge in [0.2, 0.25) is 17.7 Å². The molecule has 44 heavy (non-hydrogen) atoms. The van der Waals surface area contributed by atoms with Gasteiger partial charge in [-0.3, -0.25) is 14.4 Å². The van der Waals surface area contributed by atoms with Gasteiger partial charge in [0.1, 0.15) is 18.7 Å². The van der Waals surface area contributed by atoms with Crippen LogP contribution < -0.4 is 10.6 Å². The van der Waals surface area contributed by atoms with Crippen LogP contribution in [0.4, 0.5) is 0 Å². The van der Waals surface area contributed by atoms with Crippen molar-refractivity contribution in [3.05, 3.63) is 70.4 Å². The van der Waals surface area contributed by atoms with Crippen LogP contribution in [0, 0.1) is 5.41 Å². The van der Waals surface area contributed by atoms with E-state index in [1.54, 1.807) is 14.1 Å². The van der Waals surface area contributed by atoms with Crippen LogP contribution in [-0.2, 0) is 32.0 Å². The molecule has 0 spiro atoms. The van der Waals surface area contributed by atoms with E-state index in [2.05, 4.69) is 10.6 Å². The van der Waals surface area contributed by atoms with Crippen LogP contribution in [0.2, 0.25) is 0 Å². The molecule has 1 fully saturated rings. The number of rotatable bonds is 15. The fourth-order valence-corrected chi connectivity index (χ4v) is 6.10. The molecular weight excluding hydrogens is 576 g/mol. The molecule has 0 aliphatic carbocycles. The van der Waals surface area contributed by atoms with Crippen molar-refractivity contribution >= 4 is 39.8 Å². The lowest BCUT2D eigenvalue weighted by molar-refractivity contribution is -0.149. The molecule has 3 unspecified atom stereocenters.